The van der Waals surface area contributed by atoms with Crippen LogP contribution < -0.4 is 0 Å². The molecule has 0 atom stereocenters. The molecule has 0 aliphatic heterocycles. The Balaban J connectivity index is 2.07. The third-order valence-electron chi connectivity index (χ3n) is 2.93. The first-order chi connectivity index (χ1) is 9.78. The summed E-state index contributed by atoms with van der Waals surface area (Å²) < 4.78 is 0. The van der Waals surface area contributed by atoms with Crippen molar-refractivity contribution in [1.29, 1.82) is 5.26 Å². The average molecular weight is 278 g/mol. The predicted octanol–water partition coefficient (Wildman–Crippen LogP) is 3.96. The summed E-state index contributed by atoms with van der Waals surface area (Å²) in [6.45, 7) is 0. The van der Waals surface area contributed by atoms with Crippen LogP contribution in [0.2, 0.25) is 0 Å². The summed E-state index contributed by atoms with van der Waals surface area (Å²) in [4.78, 5) is 5.95. The van der Waals surface area contributed by atoms with Gasteiger partial charge in [-0.3, -0.25) is 0 Å². The molecule has 1 N–H and O–H groups in total. The van der Waals surface area contributed by atoms with Gasteiger partial charge >= 0.3 is 0 Å². The molecule has 0 fully saturated rings. The van der Waals surface area contributed by atoms with E-state index in [1.165, 1.54) is 0 Å². The van der Waals surface area contributed by atoms with E-state index in [4.69, 9.17) is 5.26 Å². The number of benzene rings is 2. The van der Waals surface area contributed by atoms with Crippen molar-refractivity contribution in [3.8, 4) is 11.8 Å². The van der Waals surface area contributed by atoms with Crippen LogP contribution in [-0.4, -0.2) is 10.1 Å². The zero-order valence-corrected chi connectivity index (χ0v) is 11.3. The van der Waals surface area contributed by atoms with Gasteiger partial charge in [-0.2, -0.15) is 5.26 Å². The minimum absolute atomic E-state index is 0.275. The Morgan fingerprint density at radius 2 is 1.85 bits per heavy atom. The summed E-state index contributed by atoms with van der Waals surface area (Å²) >= 11 is 1.55. The predicted molar refractivity (Wildman–Crippen MR) is 78.7 cm³/mol. The van der Waals surface area contributed by atoms with E-state index in [0.29, 0.717) is 5.69 Å². The van der Waals surface area contributed by atoms with Crippen molar-refractivity contribution in [3.05, 3.63) is 60.4 Å². The van der Waals surface area contributed by atoms with Crippen LogP contribution in [0.25, 0.3) is 10.8 Å². The first-order valence-electron chi connectivity index (χ1n) is 6.02. The highest BCUT2D eigenvalue weighted by Crippen LogP contribution is 2.36. The van der Waals surface area contributed by atoms with E-state index in [1.807, 2.05) is 42.5 Å². The standard InChI is InChI=1S/C16H10N2OS/c17-10-11-9-12(7-8-18-11)20-16-6-5-15(19)13-3-1-2-4-14(13)16/h1-9,19H. The normalized spacial score (nSPS) is 10.3. The lowest BCUT2D eigenvalue weighted by atomic mass is 10.1. The lowest BCUT2D eigenvalue weighted by Gasteiger charge is -2.07. The van der Waals surface area contributed by atoms with Crippen molar-refractivity contribution in [2.24, 2.45) is 0 Å². The Morgan fingerprint density at radius 1 is 1.05 bits per heavy atom. The molecule has 0 unspecified atom stereocenters. The van der Waals surface area contributed by atoms with E-state index in [2.05, 4.69) is 4.98 Å². The molecule has 0 aliphatic rings. The second-order valence-corrected chi connectivity index (χ2v) is 5.33. The smallest absolute Gasteiger partial charge is 0.141 e. The van der Waals surface area contributed by atoms with E-state index >= 15 is 0 Å². The van der Waals surface area contributed by atoms with Gasteiger partial charge in [0.15, 0.2) is 0 Å². The van der Waals surface area contributed by atoms with Crippen LogP contribution in [-0.2, 0) is 0 Å². The molecule has 0 spiro atoms. The first kappa shape index (κ1) is 12.5. The Morgan fingerprint density at radius 3 is 2.65 bits per heavy atom. The van der Waals surface area contributed by atoms with Gasteiger partial charge in [-0.15, -0.1) is 0 Å². The molecule has 4 heteroatoms. The highest BCUT2D eigenvalue weighted by molar-refractivity contribution is 7.99. The number of phenolic OH excluding ortho intramolecular Hbond substituents is 1. The van der Waals surface area contributed by atoms with Gasteiger partial charge in [0.25, 0.3) is 0 Å². The van der Waals surface area contributed by atoms with Crippen molar-refractivity contribution >= 4 is 22.5 Å². The molecule has 0 amide bonds. The maximum atomic E-state index is 9.88. The highest BCUT2D eigenvalue weighted by atomic mass is 32.2. The van der Waals surface area contributed by atoms with Crippen LogP contribution in [0.5, 0.6) is 5.75 Å². The van der Waals surface area contributed by atoms with E-state index in [0.717, 1.165) is 20.6 Å². The van der Waals surface area contributed by atoms with Gasteiger partial charge in [-0.05, 0) is 29.7 Å². The van der Waals surface area contributed by atoms with Crippen molar-refractivity contribution in [2.75, 3.05) is 0 Å². The Hall–Kier alpha value is -2.51. The molecular formula is C16H10N2OS. The van der Waals surface area contributed by atoms with Gasteiger partial charge in [-0.1, -0.05) is 36.0 Å². The lowest BCUT2D eigenvalue weighted by Crippen LogP contribution is -1.83. The SMILES string of the molecule is N#Cc1cc(Sc2ccc(O)c3ccccc23)ccn1. The minimum atomic E-state index is 0.275. The number of nitrogens with zero attached hydrogens (tertiary/aromatic N) is 2. The maximum absolute atomic E-state index is 9.88. The Bertz CT molecular complexity index is 824. The molecule has 3 aromatic rings. The van der Waals surface area contributed by atoms with Crippen LogP contribution in [0.3, 0.4) is 0 Å². The summed E-state index contributed by atoms with van der Waals surface area (Å²) in [5.41, 5.74) is 0.401. The molecule has 0 radical (unpaired) electrons. The number of aromatic hydroxyl groups is 1. The second-order valence-electron chi connectivity index (χ2n) is 4.22. The number of hydrogen-bond acceptors (Lipinski definition) is 4. The molecule has 0 saturated carbocycles. The molecule has 20 heavy (non-hydrogen) atoms. The molecule has 0 bridgehead atoms. The van der Waals surface area contributed by atoms with Crippen LogP contribution in [0.4, 0.5) is 0 Å². The van der Waals surface area contributed by atoms with Crippen LogP contribution in [0, 0.1) is 11.3 Å². The highest BCUT2D eigenvalue weighted by Gasteiger charge is 2.07. The molecular weight excluding hydrogens is 268 g/mol. The van der Waals surface area contributed by atoms with Crippen LogP contribution >= 0.6 is 11.8 Å². The molecule has 3 nitrogen and oxygen atoms in total. The van der Waals surface area contributed by atoms with Crippen molar-refractivity contribution in [3.63, 3.8) is 0 Å². The van der Waals surface area contributed by atoms with Crippen molar-refractivity contribution < 1.29 is 5.11 Å². The molecule has 1 aromatic heterocycles. The summed E-state index contributed by atoms with van der Waals surface area (Å²) in [6.07, 6.45) is 1.63. The monoisotopic (exact) mass is 278 g/mol. The molecule has 0 saturated heterocycles. The molecule has 1 heterocycles. The van der Waals surface area contributed by atoms with Gasteiger partial charge in [0.05, 0.1) is 0 Å². The van der Waals surface area contributed by atoms with E-state index in [-0.39, 0.29) is 5.75 Å². The number of nitriles is 1. The van der Waals surface area contributed by atoms with E-state index < -0.39 is 0 Å². The van der Waals surface area contributed by atoms with Crippen molar-refractivity contribution in [1.82, 2.24) is 4.98 Å². The number of pyridine rings is 1. The number of aromatic nitrogens is 1. The van der Waals surface area contributed by atoms with Crippen LogP contribution in [0.15, 0.2) is 64.5 Å². The number of rotatable bonds is 2. The topological polar surface area (TPSA) is 56.9 Å². The third-order valence-corrected chi connectivity index (χ3v) is 4.00. The minimum Gasteiger partial charge on any atom is -0.507 e. The lowest BCUT2D eigenvalue weighted by molar-refractivity contribution is 0.481. The maximum Gasteiger partial charge on any atom is 0.141 e. The van der Waals surface area contributed by atoms with Crippen molar-refractivity contribution in [2.45, 2.75) is 9.79 Å². The average Bonchev–Trinajstić information content (AvgIpc) is 2.51. The zero-order valence-electron chi connectivity index (χ0n) is 10.4. The summed E-state index contributed by atoms with van der Waals surface area (Å²) in [5.74, 6) is 0.275. The first-order valence-corrected chi connectivity index (χ1v) is 6.84. The number of hydrogen-bond donors (Lipinski definition) is 1. The molecule has 0 aliphatic carbocycles. The van der Waals surface area contributed by atoms with Gasteiger partial charge in [-0.25, -0.2) is 4.98 Å². The fourth-order valence-corrected chi connectivity index (χ4v) is 2.98. The van der Waals surface area contributed by atoms with Gasteiger partial charge in [0.1, 0.15) is 17.5 Å². The van der Waals surface area contributed by atoms with Crippen LogP contribution in [0.1, 0.15) is 5.69 Å². The Kier molecular flexibility index (Phi) is 3.28. The van der Waals surface area contributed by atoms with Gasteiger partial charge in [0, 0.05) is 21.4 Å². The number of phenols is 1. The van der Waals surface area contributed by atoms with E-state index in [1.54, 1.807) is 30.1 Å². The Labute approximate surface area is 120 Å². The second kappa shape index (κ2) is 5.24. The zero-order chi connectivity index (χ0) is 13.9. The summed E-state index contributed by atoms with van der Waals surface area (Å²) in [5, 5.41) is 20.6. The number of fused-ring (bicyclic) bond motifs is 1. The quantitative estimate of drug-likeness (QED) is 0.770. The van der Waals surface area contributed by atoms with E-state index in [9.17, 15) is 5.11 Å². The largest absolute Gasteiger partial charge is 0.507 e. The molecule has 96 valence electrons. The van der Waals surface area contributed by atoms with Gasteiger partial charge in [0.2, 0.25) is 0 Å². The summed E-state index contributed by atoms with van der Waals surface area (Å²) in [7, 11) is 0. The fourth-order valence-electron chi connectivity index (χ4n) is 2.01. The third kappa shape index (κ3) is 2.31. The summed E-state index contributed by atoms with van der Waals surface area (Å²) in [6, 6.07) is 16.9. The molecule has 3 rings (SSSR count). The molecule has 2 aromatic carbocycles. The fraction of sp³-hybridized carbons (Fsp3) is 0. The van der Waals surface area contributed by atoms with Gasteiger partial charge < -0.3 is 5.11 Å².